The summed E-state index contributed by atoms with van der Waals surface area (Å²) in [4.78, 5) is 14.8. The highest BCUT2D eigenvalue weighted by Crippen LogP contribution is 2.48. The van der Waals surface area contributed by atoms with E-state index in [1.165, 1.54) is 11.1 Å². The maximum atomic E-state index is 12.7. The quantitative estimate of drug-likeness (QED) is 0.871. The van der Waals surface area contributed by atoms with Crippen LogP contribution in [0.2, 0.25) is 0 Å². The fraction of sp³-hybridized carbons (Fsp3) is 0.381. The van der Waals surface area contributed by atoms with Gasteiger partial charge in [-0.3, -0.25) is 4.79 Å². The first kappa shape index (κ1) is 17.5. The molecule has 0 aromatic heterocycles. The molecule has 2 unspecified atom stereocenters. The Morgan fingerprint density at radius 3 is 2.76 bits per heavy atom. The Balaban J connectivity index is 1.69. The van der Waals surface area contributed by atoms with E-state index in [1.54, 1.807) is 7.11 Å². The second-order valence-electron chi connectivity index (χ2n) is 7.11. The van der Waals surface area contributed by atoms with Crippen molar-refractivity contribution in [2.45, 2.75) is 25.8 Å². The van der Waals surface area contributed by atoms with Crippen molar-refractivity contribution >= 4 is 11.6 Å². The minimum absolute atomic E-state index is 0.0422. The smallest absolute Gasteiger partial charge is 0.228 e. The zero-order valence-corrected chi connectivity index (χ0v) is 15.4. The highest BCUT2D eigenvalue weighted by Gasteiger charge is 2.44. The lowest BCUT2D eigenvalue weighted by atomic mass is 10.1. The van der Waals surface area contributed by atoms with E-state index in [4.69, 9.17) is 4.74 Å². The standard InChI is InChI=1S/C21H26N2O2/c1-14-8-9-20(16(10-14)13-23(2)3)22-21(24)19-12-18(19)15-6-5-7-17(11-15)25-4/h5-11,18-19H,12-13H2,1-4H3,(H,22,24). The van der Waals surface area contributed by atoms with Crippen molar-refractivity contribution in [3.8, 4) is 5.75 Å². The lowest BCUT2D eigenvalue weighted by Crippen LogP contribution is -2.18. The van der Waals surface area contributed by atoms with Gasteiger partial charge in [0.15, 0.2) is 0 Å². The third-order valence-electron chi connectivity index (χ3n) is 4.65. The number of methoxy groups -OCH3 is 1. The maximum Gasteiger partial charge on any atom is 0.228 e. The first-order valence-corrected chi connectivity index (χ1v) is 8.67. The molecule has 1 aliphatic rings. The first-order chi connectivity index (χ1) is 12.0. The number of hydrogen-bond acceptors (Lipinski definition) is 3. The molecule has 4 nitrogen and oxygen atoms in total. The minimum Gasteiger partial charge on any atom is -0.497 e. The third-order valence-corrected chi connectivity index (χ3v) is 4.65. The molecule has 1 N–H and O–H groups in total. The van der Waals surface area contributed by atoms with Gasteiger partial charge in [0.1, 0.15) is 5.75 Å². The lowest BCUT2D eigenvalue weighted by molar-refractivity contribution is -0.117. The number of anilines is 1. The van der Waals surface area contributed by atoms with E-state index < -0.39 is 0 Å². The van der Waals surface area contributed by atoms with Gasteiger partial charge in [-0.05, 0) is 62.7 Å². The van der Waals surface area contributed by atoms with E-state index in [2.05, 4.69) is 29.3 Å². The van der Waals surface area contributed by atoms with Crippen LogP contribution in [0, 0.1) is 12.8 Å². The average Bonchev–Trinajstić information content (AvgIpc) is 3.37. The van der Waals surface area contributed by atoms with Gasteiger partial charge in [0.25, 0.3) is 0 Å². The summed E-state index contributed by atoms with van der Waals surface area (Å²) in [5.41, 5.74) is 4.45. The summed E-state index contributed by atoms with van der Waals surface area (Å²) in [5.74, 6) is 1.28. The van der Waals surface area contributed by atoms with Gasteiger partial charge in [-0.15, -0.1) is 0 Å². The Morgan fingerprint density at radius 1 is 1.24 bits per heavy atom. The number of nitrogens with zero attached hydrogens (tertiary/aromatic N) is 1. The van der Waals surface area contributed by atoms with E-state index in [-0.39, 0.29) is 17.7 Å². The lowest BCUT2D eigenvalue weighted by Gasteiger charge is -2.16. The highest BCUT2D eigenvalue weighted by atomic mass is 16.5. The van der Waals surface area contributed by atoms with Crippen molar-refractivity contribution in [3.05, 3.63) is 59.2 Å². The Labute approximate surface area is 149 Å². The van der Waals surface area contributed by atoms with Gasteiger partial charge < -0.3 is 15.0 Å². The predicted molar refractivity (Wildman–Crippen MR) is 101 cm³/mol. The third kappa shape index (κ3) is 4.20. The average molecular weight is 338 g/mol. The van der Waals surface area contributed by atoms with Crippen molar-refractivity contribution in [2.24, 2.45) is 5.92 Å². The molecule has 3 rings (SSSR count). The van der Waals surface area contributed by atoms with Gasteiger partial charge in [-0.25, -0.2) is 0 Å². The normalized spacial score (nSPS) is 18.9. The van der Waals surface area contributed by atoms with Gasteiger partial charge in [0, 0.05) is 18.2 Å². The number of rotatable bonds is 6. The number of benzene rings is 2. The molecule has 25 heavy (non-hydrogen) atoms. The monoisotopic (exact) mass is 338 g/mol. The molecule has 2 aromatic rings. The Kier molecular flexibility index (Phi) is 5.09. The van der Waals surface area contributed by atoms with Crippen LogP contribution in [0.25, 0.3) is 0 Å². The van der Waals surface area contributed by atoms with Crippen LogP contribution in [-0.2, 0) is 11.3 Å². The molecule has 1 amide bonds. The molecule has 4 heteroatoms. The molecule has 0 bridgehead atoms. The van der Waals surface area contributed by atoms with Crippen molar-refractivity contribution < 1.29 is 9.53 Å². The topological polar surface area (TPSA) is 41.6 Å². The maximum absolute atomic E-state index is 12.7. The molecular weight excluding hydrogens is 312 g/mol. The summed E-state index contributed by atoms with van der Waals surface area (Å²) >= 11 is 0. The second-order valence-corrected chi connectivity index (χ2v) is 7.11. The molecule has 1 fully saturated rings. The number of hydrogen-bond donors (Lipinski definition) is 1. The molecule has 0 radical (unpaired) electrons. The number of amides is 1. The van der Waals surface area contributed by atoms with Crippen LogP contribution in [0.5, 0.6) is 5.75 Å². The van der Waals surface area contributed by atoms with Crippen molar-refractivity contribution in [2.75, 3.05) is 26.5 Å². The molecule has 2 atom stereocenters. The Bertz CT molecular complexity index is 770. The molecule has 0 aliphatic heterocycles. The summed E-state index contributed by atoms with van der Waals surface area (Å²) < 4.78 is 5.28. The summed E-state index contributed by atoms with van der Waals surface area (Å²) in [6.45, 7) is 2.88. The van der Waals surface area contributed by atoms with E-state index in [1.807, 2.05) is 44.4 Å². The van der Waals surface area contributed by atoms with Crippen molar-refractivity contribution in [1.82, 2.24) is 4.90 Å². The SMILES string of the molecule is COc1cccc(C2CC2C(=O)Nc2ccc(C)cc2CN(C)C)c1. The van der Waals surface area contributed by atoms with Gasteiger partial charge in [0.2, 0.25) is 5.91 Å². The number of carbonyl (C=O) groups is 1. The van der Waals surface area contributed by atoms with Crippen LogP contribution in [0.3, 0.4) is 0 Å². The van der Waals surface area contributed by atoms with Crippen LogP contribution in [0.15, 0.2) is 42.5 Å². The van der Waals surface area contributed by atoms with E-state index in [0.717, 1.165) is 30.0 Å². The molecule has 1 saturated carbocycles. The zero-order chi connectivity index (χ0) is 18.0. The number of aryl methyl sites for hydroxylation is 1. The van der Waals surface area contributed by atoms with Crippen LogP contribution in [-0.4, -0.2) is 32.0 Å². The number of ether oxygens (including phenoxy) is 1. The van der Waals surface area contributed by atoms with Crippen molar-refractivity contribution in [1.29, 1.82) is 0 Å². The fourth-order valence-electron chi connectivity index (χ4n) is 3.27. The van der Waals surface area contributed by atoms with Crippen LogP contribution >= 0.6 is 0 Å². The Morgan fingerprint density at radius 2 is 2.04 bits per heavy atom. The molecule has 0 saturated heterocycles. The van der Waals surface area contributed by atoms with Crippen molar-refractivity contribution in [3.63, 3.8) is 0 Å². The van der Waals surface area contributed by atoms with E-state index >= 15 is 0 Å². The van der Waals surface area contributed by atoms with Gasteiger partial charge in [-0.2, -0.15) is 0 Å². The number of carbonyl (C=O) groups excluding carboxylic acids is 1. The summed E-state index contributed by atoms with van der Waals surface area (Å²) in [6.07, 6.45) is 0.897. The summed E-state index contributed by atoms with van der Waals surface area (Å²) in [6, 6.07) is 14.2. The van der Waals surface area contributed by atoms with Crippen LogP contribution in [0.4, 0.5) is 5.69 Å². The van der Waals surface area contributed by atoms with E-state index in [0.29, 0.717) is 0 Å². The van der Waals surface area contributed by atoms with Gasteiger partial charge in [-0.1, -0.05) is 29.8 Å². The number of nitrogens with one attached hydrogen (secondary N) is 1. The van der Waals surface area contributed by atoms with Gasteiger partial charge in [0.05, 0.1) is 7.11 Å². The van der Waals surface area contributed by atoms with Gasteiger partial charge >= 0.3 is 0 Å². The summed E-state index contributed by atoms with van der Waals surface area (Å²) in [7, 11) is 5.74. The summed E-state index contributed by atoms with van der Waals surface area (Å²) in [5, 5.41) is 3.14. The Hall–Kier alpha value is -2.33. The largest absolute Gasteiger partial charge is 0.497 e. The molecule has 132 valence electrons. The molecular formula is C21H26N2O2. The zero-order valence-electron chi connectivity index (χ0n) is 15.4. The predicted octanol–water partition coefficient (Wildman–Crippen LogP) is 3.81. The van der Waals surface area contributed by atoms with E-state index in [9.17, 15) is 4.79 Å². The molecule has 2 aromatic carbocycles. The van der Waals surface area contributed by atoms with Crippen LogP contribution < -0.4 is 10.1 Å². The molecule has 1 aliphatic carbocycles. The fourth-order valence-corrected chi connectivity index (χ4v) is 3.27. The van der Waals surface area contributed by atoms with Crippen LogP contribution in [0.1, 0.15) is 29.0 Å². The molecule has 0 heterocycles. The molecule has 0 spiro atoms. The first-order valence-electron chi connectivity index (χ1n) is 8.67. The highest BCUT2D eigenvalue weighted by molar-refractivity contribution is 5.95. The second kappa shape index (κ2) is 7.28. The minimum atomic E-state index is 0.0422.